The molecule has 0 bridgehead atoms. The molecule has 1 aliphatic carbocycles. The second-order valence-corrected chi connectivity index (χ2v) is 6.78. The van der Waals surface area contributed by atoms with E-state index in [0.29, 0.717) is 6.04 Å². The van der Waals surface area contributed by atoms with Crippen LogP contribution in [0.1, 0.15) is 25.7 Å². The second-order valence-electron chi connectivity index (χ2n) is 4.77. The average molecular weight is 314 g/mol. The van der Waals surface area contributed by atoms with Crippen LogP contribution in [-0.4, -0.2) is 18.8 Å². The van der Waals surface area contributed by atoms with Gasteiger partial charge in [-0.15, -0.1) is 11.8 Å². The van der Waals surface area contributed by atoms with E-state index in [1.807, 2.05) is 11.8 Å². The molecule has 0 heterocycles. The van der Waals surface area contributed by atoms with Crippen LogP contribution in [0.4, 0.5) is 0 Å². The summed E-state index contributed by atoms with van der Waals surface area (Å²) in [4.78, 5) is 1.35. The van der Waals surface area contributed by atoms with Gasteiger partial charge >= 0.3 is 0 Å². The lowest BCUT2D eigenvalue weighted by atomic mass is 10.1. The minimum Gasteiger partial charge on any atom is -0.316 e. The Morgan fingerprint density at radius 2 is 2.29 bits per heavy atom. The van der Waals surface area contributed by atoms with E-state index in [2.05, 4.69) is 52.6 Å². The van der Waals surface area contributed by atoms with Crippen LogP contribution in [0.2, 0.25) is 0 Å². The van der Waals surface area contributed by atoms with Crippen molar-refractivity contribution in [2.24, 2.45) is 5.92 Å². The van der Waals surface area contributed by atoms with Gasteiger partial charge < -0.3 is 5.32 Å². The van der Waals surface area contributed by atoms with E-state index >= 15 is 0 Å². The van der Waals surface area contributed by atoms with Crippen LogP contribution in [0.3, 0.4) is 0 Å². The van der Waals surface area contributed by atoms with Crippen LogP contribution in [0.15, 0.2) is 33.6 Å². The van der Waals surface area contributed by atoms with Crippen LogP contribution < -0.4 is 5.32 Å². The third-order valence-corrected chi connectivity index (χ3v) is 4.93. The van der Waals surface area contributed by atoms with Crippen molar-refractivity contribution in [1.29, 1.82) is 0 Å². The second kappa shape index (κ2) is 6.81. The van der Waals surface area contributed by atoms with Gasteiger partial charge in [0.25, 0.3) is 0 Å². The van der Waals surface area contributed by atoms with Crippen molar-refractivity contribution < 1.29 is 0 Å². The molecule has 1 saturated carbocycles. The summed E-state index contributed by atoms with van der Waals surface area (Å²) >= 11 is 5.46. The minimum atomic E-state index is 0.652. The monoisotopic (exact) mass is 313 g/mol. The van der Waals surface area contributed by atoms with Crippen LogP contribution in [0, 0.1) is 5.92 Å². The zero-order valence-electron chi connectivity index (χ0n) is 10.3. The van der Waals surface area contributed by atoms with Crippen molar-refractivity contribution in [1.82, 2.24) is 5.32 Å². The van der Waals surface area contributed by atoms with Gasteiger partial charge in [-0.3, -0.25) is 0 Å². The van der Waals surface area contributed by atoms with Gasteiger partial charge in [-0.25, -0.2) is 0 Å². The molecule has 3 heteroatoms. The fourth-order valence-corrected chi connectivity index (χ4v) is 3.57. The largest absolute Gasteiger partial charge is 0.316 e. The van der Waals surface area contributed by atoms with E-state index in [0.717, 1.165) is 5.92 Å². The molecular weight excluding hydrogens is 294 g/mol. The van der Waals surface area contributed by atoms with Crippen molar-refractivity contribution in [3.63, 3.8) is 0 Å². The summed E-state index contributed by atoms with van der Waals surface area (Å²) in [5, 5.41) is 3.44. The number of benzene rings is 1. The summed E-state index contributed by atoms with van der Waals surface area (Å²) < 4.78 is 1.17. The van der Waals surface area contributed by atoms with Gasteiger partial charge in [0.2, 0.25) is 0 Å². The number of hydrogen-bond donors (Lipinski definition) is 1. The van der Waals surface area contributed by atoms with Gasteiger partial charge in [-0.1, -0.05) is 34.8 Å². The summed E-state index contributed by atoms with van der Waals surface area (Å²) in [6, 6.07) is 9.21. The Balaban J connectivity index is 1.74. The molecule has 0 saturated heterocycles. The minimum absolute atomic E-state index is 0.652. The molecule has 94 valence electrons. The van der Waals surface area contributed by atoms with E-state index < -0.39 is 0 Å². The molecule has 2 rings (SSSR count). The smallest absolute Gasteiger partial charge is 0.0186 e. The number of thioether (sulfide) groups is 1. The highest BCUT2D eigenvalue weighted by molar-refractivity contribution is 9.10. The molecule has 0 radical (unpaired) electrons. The lowest BCUT2D eigenvalue weighted by molar-refractivity contribution is 0.526. The van der Waals surface area contributed by atoms with Gasteiger partial charge in [0, 0.05) is 21.2 Å². The highest BCUT2D eigenvalue weighted by Crippen LogP contribution is 2.34. The summed E-state index contributed by atoms with van der Waals surface area (Å²) in [6.45, 7) is 0. The Morgan fingerprint density at radius 1 is 1.47 bits per heavy atom. The predicted octanol–water partition coefficient (Wildman–Crippen LogP) is 4.32. The first kappa shape index (κ1) is 13.4. The number of hydrogen-bond acceptors (Lipinski definition) is 2. The Bertz CT molecular complexity index is 352. The zero-order chi connectivity index (χ0) is 12.1. The zero-order valence-corrected chi connectivity index (χ0v) is 12.7. The van der Waals surface area contributed by atoms with Crippen molar-refractivity contribution in [3.8, 4) is 0 Å². The maximum Gasteiger partial charge on any atom is 0.0186 e. The van der Waals surface area contributed by atoms with Gasteiger partial charge in [0.1, 0.15) is 0 Å². The fraction of sp³-hybridized carbons (Fsp3) is 0.571. The van der Waals surface area contributed by atoms with Crippen molar-refractivity contribution >= 4 is 27.7 Å². The molecule has 1 N–H and O–H groups in total. The Labute approximate surface area is 117 Å². The normalized spacial score (nSPS) is 17.1. The van der Waals surface area contributed by atoms with Gasteiger partial charge in [0.15, 0.2) is 0 Å². The van der Waals surface area contributed by atoms with Gasteiger partial charge in [-0.2, -0.15) is 0 Å². The highest BCUT2D eigenvalue weighted by atomic mass is 79.9. The predicted molar refractivity (Wildman–Crippen MR) is 79.7 cm³/mol. The van der Waals surface area contributed by atoms with E-state index in [4.69, 9.17) is 0 Å². The van der Waals surface area contributed by atoms with Crippen LogP contribution in [0.5, 0.6) is 0 Å². The first-order chi connectivity index (χ1) is 8.28. The molecule has 0 spiro atoms. The molecule has 0 amide bonds. The van der Waals surface area contributed by atoms with E-state index in [1.165, 1.54) is 40.8 Å². The van der Waals surface area contributed by atoms with E-state index in [1.54, 1.807) is 0 Å². The summed E-state index contributed by atoms with van der Waals surface area (Å²) in [7, 11) is 2.08. The SMILES string of the molecule is CNC(CCC1CC1)CSc1cccc(Br)c1. The molecule has 0 aliphatic heterocycles. The fourth-order valence-electron chi connectivity index (χ4n) is 1.91. The third kappa shape index (κ3) is 5.02. The molecule has 17 heavy (non-hydrogen) atoms. The highest BCUT2D eigenvalue weighted by Gasteiger charge is 2.22. The lowest BCUT2D eigenvalue weighted by Gasteiger charge is -2.15. The van der Waals surface area contributed by atoms with Crippen molar-refractivity contribution in [2.45, 2.75) is 36.6 Å². The molecule has 1 unspecified atom stereocenters. The lowest BCUT2D eigenvalue weighted by Crippen LogP contribution is -2.27. The van der Waals surface area contributed by atoms with Crippen LogP contribution >= 0.6 is 27.7 Å². The number of nitrogens with one attached hydrogen (secondary N) is 1. The first-order valence-electron chi connectivity index (χ1n) is 6.33. The van der Waals surface area contributed by atoms with Crippen LogP contribution in [0.25, 0.3) is 0 Å². The molecule has 0 aromatic heterocycles. The molecule has 1 aromatic carbocycles. The molecule has 1 aliphatic rings. The maximum atomic E-state index is 3.52. The molecular formula is C14H20BrNS. The third-order valence-electron chi connectivity index (χ3n) is 3.28. The number of halogens is 1. The van der Waals surface area contributed by atoms with Crippen molar-refractivity contribution in [3.05, 3.63) is 28.7 Å². The average Bonchev–Trinajstić information content (AvgIpc) is 3.13. The van der Waals surface area contributed by atoms with Crippen LogP contribution in [-0.2, 0) is 0 Å². The standard InChI is InChI=1S/C14H20BrNS/c1-16-13(8-7-11-5-6-11)10-17-14-4-2-3-12(15)9-14/h2-4,9,11,13,16H,5-8,10H2,1H3. The van der Waals surface area contributed by atoms with Gasteiger partial charge in [0.05, 0.1) is 0 Å². The molecule has 1 atom stereocenters. The Morgan fingerprint density at radius 3 is 2.94 bits per heavy atom. The van der Waals surface area contributed by atoms with E-state index in [-0.39, 0.29) is 0 Å². The molecule has 1 fully saturated rings. The van der Waals surface area contributed by atoms with E-state index in [9.17, 15) is 0 Å². The topological polar surface area (TPSA) is 12.0 Å². The maximum absolute atomic E-state index is 3.52. The molecule has 1 aromatic rings. The quantitative estimate of drug-likeness (QED) is 0.752. The van der Waals surface area contributed by atoms with Gasteiger partial charge in [-0.05, 0) is 44.0 Å². The summed E-state index contributed by atoms with van der Waals surface area (Å²) in [6.07, 6.45) is 5.66. The summed E-state index contributed by atoms with van der Waals surface area (Å²) in [5.41, 5.74) is 0. The Kier molecular flexibility index (Phi) is 5.39. The number of rotatable bonds is 7. The summed E-state index contributed by atoms with van der Waals surface area (Å²) in [5.74, 6) is 2.21. The van der Waals surface area contributed by atoms with Crippen molar-refractivity contribution in [2.75, 3.05) is 12.8 Å². The Hall–Kier alpha value is 0.01000. The first-order valence-corrected chi connectivity index (χ1v) is 8.11. The molecule has 1 nitrogen and oxygen atoms in total.